The smallest absolute Gasteiger partial charge is 0.136 e. The molecule has 0 aliphatic carbocycles. The number of ether oxygens (including phenoxy) is 1. The van der Waals surface area contributed by atoms with Crippen LogP contribution in [0, 0.1) is 5.92 Å². The zero-order valence-electron chi connectivity index (χ0n) is 11.8. The van der Waals surface area contributed by atoms with E-state index in [1.807, 2.05) is 14.1 Å². The van der Waals surface area contributed by atoms with Gasteiger partial charge in [0.25, 0.3) is 0 Å². The first-order chi connectivity index (χ1) is 9.24. The average Bonchev–Trinajstić information content (AvgIpc) is 2.90. The van der Waals surface area contributed by atoms with E-state index in [2.05, 4.69) is 19.8 Å². The van der Waals surface area contributed by atoms with E-state index in [9.17, 15) is 0 Å². The molecule has 0 amide bonds. The van der Waals surface area contributed by atoms with Crippen molar-refractivity contribution in [3.63, 3.8) is 0 Å². The lowest BCUT2D eigenvalue weighted by Gasteiger charge is -2.31. The van der Waals surface area contributed by atoms with Crippen molar-refractivity contribution >= 4 is 5.82 Å². The van der Waals surface area contributed by atoms with Gasteiger partial charge >= 0.3 is 0 Å². The minimum absolute atomic E-state index is 0.703. The largest absolute Gasteiger partial charge is 0.381 e. The van der Waals surface area contributed by atoms with Crippen molar-refractivity contribution in [1.29, 1.82) is 0 Å². The Bertz CT molecular complexity index is 443. The highest BCUT2D eigenvalue weighted by atomic mass is 16.5. The number of hydrogen-bond acceptors (Lipinski definition) is 5. The Morgan fingerprint density at radius 2 is 2.32 bits per heavy atom. The van der Waals surface area contributed by atoms with Gasteiger partial charge in [0, 0.05) is 52.3 Å². The Labute approximate surface area is 114 Å². The fraction of sp³-hybridized carbons (Fsp3) is 0.714. The van der Waals surface area contributed by atoms with Crippen LogP contribution in [0.3, 0.4) is 0 Å². The molecule has 1 aromatic rings. The van der Waals surface area contributed by atoms with Gasteiger partial charge in [-0.05, 0) is 12.3 Å². The summed E-state index contributed by atoms with van der Waals surface area (Å²) in [5.41, 5.74) is 2.52. The van der Waals surface area contributed by atoms with E-state index in [0.29, 0.717) is 5.92 Å². The van der Waals surface area contributed by atoms with Gasteiger partial charge in [-0.1, -0.05) is 0 Å². The molecule has 0 aromatic carbocycles. The summed E-state index contributed by atoms with van der Waals surface area (Å²) >= 11 is 0. The zero-order chi connectivity index (χ0) is 13.2. The van der Waals surface area contributed by atoms with Crippen molar-refractivity contribution in [2.75, 3.05) is 45.3 Å². The van der Waals surface area contributed by atoms with E-state index >= 15 is 0 Å². The summed E-state index contributed by atoms with van der Waals surface area (Å²) in [7, 11) is 4.10. The third-order valence-electron chi connectivity index (χ3n) is 4.02. The molecule has 104 valence electrons. The number of aromatic nitrogens is 2. The van der Waals surface area contributed by atoms with Crippen molar-refractivity contribution in [2.45, 2.75) is 19.4 Å². The highest BCUT2D eigenvalue weighted by molar-refractivity contribution is 5.48. The van der Waals surface area contributed by atoms with E-state index in [1.54, 1.807) is 6.33 Å². The molecule has 5 nitrogen and oxygen atoms in total. The number of fused-ring (bicyclic) bond motifs is 1. The topological polar surface area (TPSA) is 41.5 Å². The molecule has 3 heterocycles. The summed E-state index contributed by atoms with van der Waals surface area (Å²) in [6.07, 6.45) is 3.93. The molecule has 0 unspecified atom stereocenters. The van der Waals surface area contributed by atoms with Crippen LogP contribution in [-0.4, -0.2) is 55.3 Å². The Balaban J connectivity index is 1.74. The second-order valence-corrected chi connectivity index (χ2v) is 5.73. The molecule has 1 saturated heterocycles. The van der Waals surface area contributed by atoms with Crippen LogP contribution in [0.25, 0.3) is 0 Å². The minimum Gasteiger partial charge on any atom is -0.381 e. The van der Waals surface area contributed by atoms with Crippen molar-refractivity contribution < 1.29 is 4.74 Å². The molecular weight excluding hydrogens is 240 g/mol. The van der Waals surface area contributed by atoms with E-state index in [0.717, 1.165) is 45.1 Å². The first-order valence-electron chi connectivity index (χ1n) is 7.04. The third-order valence-corrected chi connectivity index (χ3v) is 4.02. The summed E-state index contributed by atoms with van der Waals surface area (Å²) in [5, 5.41) is 0. The maximum Gasteiger partial charge on any atom is 0.136 e. The monoisotopic (exact) mass is 262 g/mol. The maximum atomic E-state index is 5.47. The first-order valence-corrected chi connectivity index (χ1v) is 7.04. The van der Waals surface area contributed by atoms with E-state index < -0.39 is 0 Å². The Morgan fingerprint density at radius 1 is 1.42 bits per heavy atom. The van der Waals surface area contributed by atoms with Crippen molar-refractivity contribution in [3.05, 3.63) is 17.6 Å². The molecule has 1 atom stereocenters. The molecule has 2 aliphatic heterocycles. The van der Waals surface area contributed by atoms with Crippen LogP contribution in [0.4, 0.5) is 5.82 Å². The average molecular weight is 262 g/mol. The molecule has 0 saturated carbocycles. The molecule has 3 rings (SSSR count). The molecule has 2 aliphatic rings. The standard InChI is InChI=1S/C14H22N4O/c1-17(2)14-12-8-18(7-11-4-6-19-9-11)5-3-13(12)15-10-16-14/h10-11H,3-9H2,1-2H3/t11-/m0/s1. The number of hydrogen-bond donors (Lipinski definition) is 0. The van der Waals surface area contributed by atoms with Gasteiger partial charge in [-0.3, -0.25) is 4.90 Å². The van der Waals surface area contributed by atoms with Crippen LogP contribution in [0.1, 0.15) is 17.7 Å². The van der Waals surface area contributed by atoms with E-state index in [4.69, 9.17) is 4.74 Å². The van der Waals surface area contributed by atoms with Gasteiger partial charge in [0.2, 0.25) is 0 Å². The first kappa shape index (κ1) is 12.8. The van der Waals surface area contributed by atoms with Gasteiger partial charge in [0.15, 0.2) is 0 Å². The molecule has 0 N–H and O–H groups in total. The van der Waals surface area contributed by atoms with Gasteiger partial charge < -0.3 is 9.64 Å². The van der Waals surface area contributed by atoms with Crippen LogP contribution in [0.5, 0.6) is 0 Å². The summed E-state index contributed by atoms with van der Waals surface area (Å²) in [6.45, 7) is 5.07. The molecule has 1 fully saturated rings. The van der Waals surface area contributed by atoms with Crippen molar-refractivity contribution in [2.24, 2.45) is 5.92 Å². The second kappa shape index (κ2) is 5.43. The van der Waals surface area contributed by atoms with Gasteiger partial charge in [0.1, 0.15) is 12.1 Å². The molecule has 1 aromatic heterocycles. The second-order valence-electron chi connectivity index (χ2n) is 5.73. The molecule has 0 radical (unpaired) electrons. The normalized spacial score (nSPS) is 23.4. The van der Waals surface area contributed by atoms with E-state index in [-0.39, 0.29) is 0 Å². The van der Waals surface area contributed by atoms with Crippen LogP contribution in [0.15, 0.2) is 6.33 Å². The molecular formula is C14H22N4O. The molecule has 5 heteroatoms. The van der Waals surface area contributed by atoms with E-state index in [1.165, 1.54) is 17.7 Å². The van der Waals surface area contributed by atoms with Gasteiger partial charge in [0.05, 0.1) is 12.3 Å². The maximum absolute atomic E-state index is 5.47. The summed E-state index contributed by atoms with van der Waals surface area (Å²) < 4.78 is 5.47. The summed E-state index contributed by atoms with van der Waals surface area (Å²) in [5.74, 6) is 1.77. The van der Waals surface area contributed by atoms with Crippen molar-refractivity contribution in [3.8, 4) is 0 Å². The summed E-state index contributed by atoms with van der Waals surface area (Å²) in [6, 6.07) is 0. The number of rotatable bonds is 3. The number of anilines is 1. The summed E-state index contributed by atoms with van der Waals surface area (Å²) in [4.78, 5) is 13.5. The van der Waals surface area contributed by atoms with Gasteiger partial charge in [-0.2, -0.15) is 0 Å². The molecule has 0 bridgehead atoms. The third kappa shape index (κ3) is 2.72. The Hall–Kier alpha value is -1.20. The van der Waals surface area contributed by atoms with Crippen molar-refractivity contribution in [1.82, 2.24) is 14.9 Å². The zero-order valence-corrected chi connectivity index (χ0v) is 11.8. The predicted molar refractivity (Wildman–Crippen MR) is 74.3 cm³/mol. The van der Waals surface area contributed by atoms with Gasteiger partial charge in [-0.15, -0.1) is 0 Å². The lowest BCUT2D eigenvalue weighted by molar-refractivity contribution is 0.161. The fourth-order valence-electron chi connectivity index (χ4n) is 3.02. The fourth-order valence-corrected chi connectivity index (χ4v) is 3.02. The Morgan fingerprint density at radius 3 is 3.05 bits per heavy atom. The van der Waals surface area contributed by atoms with Crippen LogP contribution in [-0.2, 0) is 17.7 Å². The quantitative estimate of drug-likeness (QED) is 0.811. The Kier molecular flexibility index (Phi) is 3.66. The van der Waals surface area contributed by atoms with Gasteiger partial charge in [-0.25, -0.2) is 9.97 Å². The highest BCUT2D eigenvalue weighted by Gasteiger charge is 2.25. The lowest BCUT2D eigenvalue weighted by atomic mass is 10.0. The minimum atomic E-state index is 0.703. The predicted octanol–water partition coefficient (Wildman–Crippen LogP) is 0.937. The lowest BCUT2D eigenvalue weighted by Crippen LogP contribution is -2.36. The number of nitrogens with zero attached hydrogens (tertiary/aromatic N) is 4. The van der Waals surface area contributed by atoms with Crippen LogP contribution in [0.2, 0.25) is 0 Å². The SMILES string of the molecule is CN(C)c1ncnc2c1CN(C[C@@H]1CCOC1)CC2. The molecule has 19 heavy (non-hydrogen) atoms. The molecule has 0 spiro atoms. The van der Waals surface area contributed by atoms with Crippen LogP contribution < -0.4 is 4.90 Å². The van der Waals surface area contributed by atoms with Crippen LogP contribution >= 0.6 is 0 Å². The highest BCUT2D eigenvalue weighted by Crippen LogP contribution is 2.25.